The third-order valence-corrected chi connectivity index (χ3v) is 5.97. The van der Waals surface area contributed by atoms with Gasteiger partial charge >= 0.3 is 11.9 Å². The van der Waals surface area contributed by atoms with E-state index >= 15 is 0 Å². The van der Waals surface area contributed by atoms with Gasteiger partial charge in [0.1, 0.15) is 5.00 Å². The summed E-state index contributed by atoms with van der Waals surface area (Å²) >= 11 is 2.94. The number of carbonyl (C=O) groups excluding carboxylic acids is 3. The number of hydrogen-bond donors (Lipinski definition) is 2. The molecule has 180 valence electrons. The van der Waals surface area contributed by atoms with Crippen LogP contribution >= 0.6 is 23.3 Å². The monoisotopic (exact) mass is 500 g/mol. The molecule has 2 aromatic carbocycles. The molecule has 1 heterocycles. The fourth-order valence-corrected chi connectivity index (χ4v) is 4.18. The minimum atomic E-state index is -0.426. The van der Waals surface area contributed by atoms with E-state index in [1.807, 2.05) is 42.5 Å². The van der Waals surface area contributed by atoms with Crippen molar-refractivity contribution in [3.8, 4) is 10.4 Å². The molecule has 34 heavy (non-hydrogen) atoms. The number of hydrogen-bond acceptors (Lipinski definition) is 8. The molecule has 0 saturated carbocycles. The van der Waals surface area contributed by atoms with Crippen LogP contribution in [0.5, 0.6) is 0 Å². The second-order valence-electron chi connectivity index (χ2n) is 6.54. The molecule has 0 radical (unpaired) electrons. The Morgan fingerprint density at radius 1 is 0.941 bits per heavy atom. The van der Waals surface area contributed by atoms with Crippen molar-refractivity contribution in [1.29, 1.82) is 0 Å². The van der Waals surface area contributed by atoms with Gasteiger partial charge in [-0.1, -0.05) is 55.3 Å². The number of thiophene rings is 1. The van der Waals surface area contributed by atoms with Crippen LogP contribution in [0.15, 0.2) is 60.7 Å². The second kappa shape index (κ2) is 14.8. The van der Waals surface area contributed by atoms with Gasteiger partial charge in [0.2, 0.25) is 6.41 Å². The topological polar surface area (TPSA) is 93.7 Å². The minimum Gasteiger partial charge on any atom is -0.462 e. The van der Waals surface area contributed by atoms with E-state index in [4.69, 9.17) is 9.47 Å². The molecule has 9 heteroatoms. The molecule has 0 atom stereocenters. The fraction of sp³-hybridized carbons (Fsp3) is 0.240. The lowest BCUT2D eigenvalue weighted by Crippen LogP contribution is -2.06. The van der Waals surface area contributed by atoms with Crippen LogP contribution < -0.4 is 10.0 Å². The zero-order chi connectivity index (χ0) is 24.8. The highest BCUT2D eigenvalue weighted by atomic mass is 32.2. The number of carbonyl (C=O) groups is 3. The van der Waals surface area contributed by atoms with Crippen LogP contribution in [0.1, 0.15) is 41.5 Å². The van der Waals surface area contributed by atoms with E-state index in [1.54, 1.807) is 44.0 Å². The van der Waals surface area contributed by atoms with Crippen molar-refractivity contribution in [2.45, 2.75) is 20.8 Å². The molecule has 0 fully saturated rings. The lowest BCUT2D eigenvalue weighted by Gasteiger charge is -2.06. The van der Waals surface area contributed by atoms with E-state index in [1.165, 1.54) is 11.3 Å². The molecule has 1 amide bonds. The Kier molecular flexibility index (Phi) is 11.7. The van der Waals surface area contributed by atoms with Crippen LogP contribution in [-0.2, 0) is 14.3 Å². The molecule has 7 nitrogen and oxygen atoms in total. The van der Waals surface area contributed by atoms with E-state index in [2.05, 4.69) is 17.0 Å². The van der Waals surface area contributed by atoms with Crippen LogP contribution in [0.25, 0.3) is 10.4 Å². The van der Waals surface area contributed by atoms with E-state index < -0.39 is 5.97 Å². The lowest BCUT2D eigenvalue weighted by atomic mass is 10.1. The van der Waals surface area contributed by atoms with Gasteiger partial charge in [0.05, 0.1) is 24.3 Å². The molecule has 0 aliphatic heterocycles. The van der Waals surface area contributed by atoms with Gasteiger partial charge in [-0.15, -0.1) is 11.3 Å². The minimum absolute atomic E-state index is 0.275. The Bertz CT molecular complexity index is 1070. The number of esters is 2. The predicted molar refractivity (Wildman–Crippen MR) is 140 cm³/mol. The van der Waals surface area contributed by atoms with Gasteiger partial charge in [-0.25, -0.2) is 9.59 Å². The normalized spacial score (nSPS) is 9.85. The van der Waals surface area contributed by atoms with Crippen LogP contribution in [0.3, 0.4) is 0 Å². The number of amides is 1. The van der Waals surface area contributed by atoms with Gasteiger partial charge in [0.25, 0.3) is 0 Å². The highest BCUT2D eigenvalue weighted by Gasteiger charge is 2.17. The molecule has 0 saturated heterocycles. The van der Waals surface area contributed by atoms with Crippen molar-refractivity contribution in [2.75, 3.05) is 29.0 Å². The molecule has 0 unspecified atom stereocenters. The first-order chi connectivity index (χ1) is 16.5. The molecule has 0 bridgehead atoms. The van der Waals surface area contributed by atoms with Crippen molar-refractivity contribution >= 4 is 52.3 Å². The molecule has 3 aromatic rings. The van der Waals surface area contributed by atoms with Gasteiger partial charge in [-0.2, -0.15) is 0 Å². The largest absolute Gasteiger partial charge is 0.462 e. The number of rotatable bonds is 10. The summed E-state index contributed by atoms with van der Waals surface area (Å²) in [5.41, 5.74) is 2.89. The van der Waals surface area contributed by atoms with Crippen molar-refractivity contribution < 1.29 is 23.9 Å². The SMILES string of the molecule is CCOC(=O)c1cc(-c2ccccc2)sc1NC=O.CCOC(=O)c1cccc(NSCC)c1. The summed E-state index contributed by atoms with van der Waals surface area (Å²) in [5.74, 6) is 0.275. The summed E-state index contributed by atoms with van der Waals surface area (Å²) in [4.78, 5) is 34.7. The zero-order valence-corrected chi connectivity index (χ0v) is 21.0. The number of benzene rings is 2. The average Bonchev–Trinajstić information content (AvgIpc) is 3.28. The highest BCUT2D eigenvalue weighted by molar-refractivity contribution is 8.00. The van der Waals surface area contributed by atoms with Crippen molar-refractivity contribution in [3.63, 3.8) is 0 Å². The lowest BCUT2D eigenvalue weighted by molar-refractivity contribution is -0.105. The van der Waals surface area contributed by atoms with Crippen LogP contribution in [0.2, 0.25) is 0 Å². The van der Waals surface area contributed by atoms with E-state index in [0.29, 0.717) is 35.8 Å². The maximum atomic E-state index is 11.8. The molecule has 0 aliphatic rings. The molecule has 2 N–H and O–H groups in total. The smallest absolute Gasteiger partial charge is 0.341 e. The van der Waals surface area contributed by atoms with Crippen LogP contribution in [0, 0.1) is 0 Å². The van der Waals surface area contributed by atoms with Gasteiger partial charge in [0, 0.05) is 16.3 Å². The van der Waals surface area contributed by atoms with E-state index in [0.717, 1.165) is 21.9 Å². The number of anilines is 2. The van der Waals surface area contributed by atoms with Crippen LogP contribution in [0.4, 0.5) is 10.7 Å². The number of ether oxygens (including phenoxy) is 2. The Labute approximate surface area is 208 Å². The second-order valence-corrected chi connectivity index (χ2v) is 8.66. The summed E-state index contributed by atoms with van der Waals surface area (Å²) in [5, 5.41) is 3.05. The quantitative estimate of drug-likeness (QED) is 0.197. The standard InChI is InChI=1S/C14H13NO3S.C11H15NO2S/c1-2-18-14(17)11-8-12(19-13(11)15-9-16)10-6-4-3-5-7-10;1-3-14-11(13)9-6-5-7-10(8-9)12-15-4-2/h3-9H,2H2,1H3,(H,15,16);5-8,12H,3-4H2,1-2H3. The van der Waals surface area contributed by atoms with Gasteiger partial charge in [-0.3, -0.25) is 4.79 Å². The zero-order valence-electron chi connectivity index (χ0n) is 19.3. The highest BCUT2D eigenvalue weighted by Crippen LogP contribution is 2.35. The fourth-order valence-electron chi connectivity index (χ4n) is 2.74. The van der Waals surface area contributed by atoms with E-state index in [9.17, 15) is 14.4 Å². The average molecular weight is 501 g/mol. The predicted octanol–water partition coefficient (Wildman–Crippen LogP) is 6.10. The maximum absolute atomic E-state index is 11.8. The van der Waals surface area contributed by atoms with Gasteiger partial charge in [-0.05, 0) is 43.7 Å². The Morgan fingerprint density at radius 3 is 2.29 bits per heavy atom. The molecular formula is C25H28N2O5S2. The van der Waals surface area contributed by atoms with Crippen molar-refractivity contribution in [3.05, 3.63) is 71.8 Å². The molecule has 0 spiro atoms. The Hall–Kier alpha value is -3.30. The van der Waals surface area contributed by atoms with Crippen LogP contribution in [-0.4, -0.2) is 37.3 Å². The molecule has 3 rings (SSSR count). The Balaban J connectivity index is 0.000000248. The summed E-state index contributed by atoms with van der Waals surface area (Å²) < 4.78 is 13.0. The molecular weight excluding hydrogens is 472 g/mol. The summed E-state index contributed by atoms with van der Waals surface area (Å²) in [6, 6.07) is 18.7. The Morgan fingerprint density at radius 2 is 1.65 bits per heavy atom. The first kappa shape index (κ1) is 26.9. The molecule has 0 aliphatic carbocycles. The summed E-state index contributed by atoms with van der Waals surface area (Å²) in [7, 11) is 0. The van der Waals surface area contributed by atoms with E-state index in [-0.39, 0.29) is 5.97 Å². The third-order valence-electron chi connectivity index (χ3n) is 4.18. The van der Waals surface area contributed by atoms with Crippen molar-refractivity contribution in [2.24, 2.45) is 0 Å². The number of nitrogens with one attached hydrogen (secondary N) is 2. The summed E-state index contributed by atoms with van der Waals surface area (Å²) in [6.07, 6.45) is 0.559. The first-order valence-electron chi connectivity index (χ1n) is 10.7. The maximum Gasteiger partial charge on any atom is 0.341 e. The summed E-state index contributed by atoms with van der Waals surface area (Å²) in [6.45, 7) is 6.31. The third kappa shape index (κ3) is 8.24. The van der Waals surface area contributed by atoms with Crippen molar-refractivity contribution in [1.82, 2.24) is 0 Å². The molecule has 1 aromatic heterocycles. The van der Waals surface area contributed by atoms with Gasteiger partial charge < -0.3 is 19.5 Å². The van der Waals surface area contributed by atoms with Gasteiger partial charge in [0.15, 0.2) is 0 Å². The first-order valence-corrected chi connectivity index (χ1v) is 12.6.